The minimum atomic E-state index is 0.147. The second-order valence-corrected chi connectivity index (χ2v) is 4.89. The Bertz CT molecular complexity index is 431. The third-order valence-electron chi connectivity index (χ3n) is 3.30. The lowest BCUT2D eigenvalue weighted by atomic mass is 10.1. The van der Waals surface area contributed by atoms with Crippen molar-refractivity contribution in [2.24, 2.45) is 0 Å². The SMILES string of the molecule is CCN1CN(CCN(C)C)c2ccccc2C1=O. The summed E-state index contributed by atoms with van der Waals surface area (Å²) in [6.07, 6.45) is 0. The maximum atomic E-state index is 12.2. The van der Waals surface area contributed by atoms with Crippen LogP contribution in [0.4, 0.5) is 5.69 Å². The van der Waals surface area contributed by atoms with Gasteiger partial charge in [-0.2, -0.15) is 0 Å². The van der Waals surface area contributed by atoms with Crippen LogP contribution in [0.1, 0.15) is 17.3 Å². The van der Waals surface area contributed by atoms with Crippen LogP contribution in [0.2, 0.25) is 0 Å². The van der Waals surface area contributed by atoms with Gasteiger partial charge in [0.15, 0.2) is 0 Å². The van der Waals surface area contributed by atoms with Crippen molar-refractivity contribution in [3.8, 4) is 0 Å². The molecule has 1 amide bonds. The van der Waals surface area contributed by atoms with E-state index in [-0.39, 0.29) is 5.91 Å². The first-order chi connectivity index (χ1) is 8.63. The maximum absolute atomic E-state index is 12.2. The summed E-state index contributed by atoms with van der Waals surface area (Å²) in [5.41, 5.74) is 1.89. The Morgan fingerprint density at radius 3 is 2.61 bits per heavy atom. The van der Waals surface area contributed by atoms with Crippen LogP contribution in [0.25, 0.3) is 0 Å². The molecule has 0 aromatic heterocycles. The third-order valence-corrected chi connectivity index (χ3v) is 3.30. The minimum absolute atomic E-state index is 0.147. The van der Waals surface area contributed by atoms with Crippen molar-refractivity contribution in [3.05, 3.63) is 29.8 Å². The number of likely N-dealkylation sites (N-methyl/N-ethyl adjacent to an activating group) is 1. The van der Waals surface area contributed by atoms with Gasteiger partial charge >= 0.3 is 0 Å². The normalized spacial score (nSPS) is 15.2. The Labute approximate surface area is 109 Å². The molecule has 0 bridgehead atoms. The van der Waals surface area contributed by atoms with Crippen molar-refractivity contribution < 1.29 is 4.79 Å². The summed E-state index contributed by atoms with van der Waals surface area (Å²) in [5.74, 6) is 0.147. The van der Waals surface area contributed by atoms with Gasteiger partial charge in [0.2, 0.25) is 0 Å². The number of nitrogens with zero attached hydrogens (tertiary/aromatic N) is 3. The molecule has 0 N–H and O–H groups in total. The topological polar surface area (TPSA) is 26.8 Å². The minimum Gasteiger partial charge on any atom is -0.352 e. The first kappa shape index (κ1) is 12.9. The Kier molecular flexibility index (Phi) is 3.87. The number of fused-ring (bicyclic) bond motifs is 1. The van der Waals surface area contributed by atoms with Gasteiger partial charge < -0.3 is 14.7 Å². The second-order valence-electron chi connectivity index (χ2n) is 4.89. The van der Waals surface area contributed by atoms with Gasteiger partial charge in [0.25, 0.3) is 5.91 Å². The highest BCUT2D eigenvalue weighted by Gasteiger charge is 2.27. The fraction of sp³-hybridized carbons (Fsp3) is 0.500. The summed E-state index contributed by atoms with van der Waals surface area (Å²) in [6.45, 7) is 5.40. The van der Waals surface area contributed by atoms with Crippen LogP contribution in [0.15, 0.2) is 24.3 Å². The predicted octanol–water partition coefficient (Wildman–Crippen LogP) is 1.49. The fourth-order valence-electron chi connectivity index (χ4n) is 2.20. The molecule has 98 valence electrons. The van der Waals surface area contributed by atoms with Crippen molar-refractivity contribution in [2.75, 3.05) is 45.3 Å². The molecule has 4 heteroatoms. The number of benzene rings is 1. The zero-order valence-corrected chi connectivity index (χ0v) is 11.4. The van der Waals surface area contributed by atoms with Crippen LogP contribution in [-0.4, -0.2) is 56.1 Å². The number of hydrogen-bond acceptors (Lipinski definition) is 3. The van der Waals surface area contributed by atoms with E-state index >= 15 is 0 Å². The number of anilines is 1. The predicted molar refractivity (Wildman–Crippen MR) is 73.9 cm³/mol. The number of carbonyl (C=O) groups is 1. The molecule has 1 aromatic rings. The standard InChI is InChI=1S/C14H21N3O/c1-4-16-11-17(10-9-15(2)3)13-8-6-5-7-12(13)14(16)18/h5-8H,4,9-11H2,1-3H3. The molecule has 0 radical (unpaired) electrons. The largest absolute Gasteiger partial charge is 0.352 e. The monoisotopic (exact) mass is 247 g/mol. The van der Waals surface area contributed by atoms with Gasteiger partial charge in [-0.15, -0.1) is 0 Å². The molecule has 4 nitrogen and oxygen atoms in total. The molecule has 0 saturated carbocycles. The maximum Gasteiger partial charge on any atom is 0.257 e. The van der Waals surface area contributed by atoms with Gasteiger partial charge in [-0.3, -0.25) is 4.79 Å². The number of para-hydroxylation sites is 1. The molecule has 0 spiro atoms. The average Bonchev–Trinajstić information content (AvgIpc) is 2.38. The summed E-state index contributed by atoms with van der Waals surface area (Å²) in [5, 5.41) is 0. The van der Waals surface area contributed by atoms with E-state index in [0.29, 0.717) is 6.67 Å². The van der Waals surface area contributed by atoms with E-state index in [1.54, 1.807) is 0 Å². The summed E-state index contributed by atoms with van der Waals surface area (Å²) in [4.78, 5) is 18.5. The summed E-state index contributed by atoms with van der Waals surface area (Å²) >= 11 is 0. The van der Waals surface area contributed by atoms with Crippen LogP contribution in [0.3, 0.4) is 0 Å². The van der Waals surface area contributed by atoms with Crippen LogP contribution < -0.4 is 4.90 Å². The first-order valence-electron chi connectivity index (χ1n) is 6.41. The number of amides is 1. The van der Waals surface area contributed by atoms with E-state index in [4.69, 9.17) is 0 Å². The van der Waals surface area contributed by atoms with Crippen LogP contribution in [-0.2, 0) is 0 Å². The molecule has 1 aromatic carbocycles. The average molecular weight is 247 g/mol. The second kappa shape index (κ2) is 5.40. The van der Waals surface area contributed by atoms with Crippen molar-refractivity contribution in [1.82, 2.24) is 9.80 Å². The Morgan fingerprint density at radius 1 is 1.22 bits per heavy atom. The number of hydrogen-bond donors (Lipinski definition) is 0. The molecule has 1 aliphatic rings. The van der Waals surface area contributed by atoms with Crippen LogP contribution in [0.5, 0.6) is 0 Å². The molecule has 0 saturated heterocycles. The zero-order valence-electron chi connectivity index (χ0n) is 11.4. The van der Waals surface area contributed by atoms with Crippen molar-refractivity contribution in [1.29, 1.82) is 0 Å². The quantitative estimate of drug-likeness (QED) is 0.806. The lowest BCUT2D eigenvalue weighted by Gasteiger charge is -2.38. The van der Waals surface area contributed by atoms with Gasteiger partial charge in [0.05, 0.1) is 17.9 Å². The van der Waals surface area contributed by atoms with Gasteiger partial charge in [-0.25, -0.2) is 0 Å². The summed E-state index contributed by atoms with van der Waals surface area (Å²) in [7, 11) is 4.14. The molecule has 1 aliphatic heterocycles. The van der Waals surface area contributed by atoms with Crippen molar-refractivity contribution >= 4 is 11.6 Å². The molecule has 0 unspecified atom stereocenters. The molecular weight excluding hydrogens is 226 g/mol. The molecular formula is C14H21N3O. The molecule has 18 heavy (non-hydrogen) atoms. The highest BCUT2D eigenvalue weighted by atomic mass is 16.2. The van der Waals surface area contributed by atoms with Gasteiger partial charge in [0.1, 0.15) is 0 Å². The first-order valence-corrected chi connectivity index (χ1v) is 6.41. The fourth-order valence-corrected chi connectivity index (χ4v) is 2.20. The molecule has 0 aliphatic carbocycles. The van der Waals surface area contributed by atoms with Crippen molar-refractivity contribution in [3.63, 3.8) is 0 Å². The zero-order chi connectivity index (χ0) is 13.1. The van der Waals surface area contributed by atoms with Crippen molar-refractivity contribution in [2.45, 2.75) is 6.92 Å². The number of rotatable bonds is 4. The lowest BCUT2D eigenvalue weighted by molar-refractivity contribution is 0.0750. The lowest BCUT2D eigenvalue weighted by Crippen LogP contribution is -2.48. The van der Waals surface area contributed by atoms with Crippen LogP contribution in [0, 0.1) is 0 Å². The van der Waals surface area contributed by atoms with Gasteiger partial charge in [-0.05, 0) is 33.2 Å². The van der Waals surface area contributed by atoms with E-state index in [1.165, 1.54) is 0 Å². The van der Waals surface area contributed by atoms with E-state index in [0.717, 1.165) is 30.9 Å². The Morgan fingerprint density at radius 2 is 1.94 bits per heavy atom. The van der Waals surface area contributed by atoms with E-state index in [2.05, 4.69) is 23.9 Å². The highest BCUT2D eigenvalue weighted by molar-refractivity contribution is 6.01. The number of carbonyl (C=O) groups excluding carboxylic acids is 1. The van der Waals surface area contributed by atoms with E-state index < -0.39 is 0 Å². The van der Waals surface area contributed by atoms with E-state index in [9.17, 15) is 4.79 Å². The molecule has 0 fully saturated rings. The Balaban J connectivity index is 2.25. The van der Waals surface area contributed by atoms with Gasteiger partial charge in [-0.1, -0.05) is 12.1 Å². The third kappa shape index (κ3) is 2.48. The Hall–Kier alpha value is -1.55. The summed E-state index contributed by atoms with van der Waals surface area (Å²) in [6, 6.07) is 7.88. The molecule has 0 atom stereocenters. The molecule has 2 rings (SSSR count). The van der Waals surface area contributed by atoms with Gasteiger partial charge in [0, 0.05) is 19.6 Å². The van der Waals surface area contributed by atoms with Crippen LogP contribution >= 0.6 is 0 Å². The highest BCUT2D eigenvalue weighted by Crippen LogP contribution is 2.26. The molecule has 1 heterocycles. The smallest absolute Gasteiger partial charge is 0.257 e. The van der Waals surface area contributed by atoms with E-state index in [1.807, 2.05) is 36.1 Å². The summed E-state index contributed by atoms with van der Waals surface area (Å²) < 4.78 is 0.